The smallest absolute Gasteiger partial charge is 0.0894 e. The van der Waals surface area contributed by atoms with Crippen molar-refractivity contribution < 1.29 is 5.48 Å². The van der Waals surface area contributed by atoms with E-state index in [9.17, 15) is 0 Å². The van der Waals surface area contributed by atoms with Crippen LogP contribution in [0.15, 0.2) is 122 Å². The second-order valence-corrected chi connectivity index (χ2v) is 7.22. The second-order valence-electron chi connectivity index (χ2n) is 7.22. The Morgan fingerprint density at radius 1 is 0.364 bits per heavy atom. The van der Waals surface area contributed by atoms with Gasteiger partial charge in [0.1, 0.15) is 0 Å². The number of fused-ring (bicyclic) bond motifs is 2. The monoisotopic (exact) mass is 430 g/mol. The number of hydrogen-bond donors (Lipinski definition) is 0. The summed E-state index contributed by atoms with van der Waals surface area (Å²) in [6.45, 7) is 0. The maximum Gasteiger partial charge on any atom is 0.0894 e. The summed E-state index contributed by atoms with van der Waals surface area (Å²) in [7, 11) is 0. The highest BCUT2D eigenvalue weighted by atomic mass is 16.0. The Hall–Kier alpha value is -4.48. The lowest BCUT2D eigenvalue weighted by Gasteiger charge is -2.01. The molecule has 4 aromatic carbocycles. The lowest BCUT2D eigenvalue weighted by Crippen LogP contribution is -1.87. The standard InChI is InChI=1S/2C14H10N2.H2O/c2*1-2-6-11(7-3-1)14-10-15-12-8-4-5-9-13(12)16-14;/h2*1-10H;1H2. The van der Waals surface area contributed by atoms with E-state index in [1.165, 1.54) is 0 Å². The van der Waals surface area contributed by atoms with Crippen molar-refractivity contribution in [1.29, 1.82) is 0 Å². The van der Waals surface area contributed by atoms with Crippen molar-refractivity contribution in [2.45, 2.75) is 0 Å². The molecule has 0 bridgehead atoms. The maximum atomic E-state index is 4.58. The third kappa shape index (κ3) is 5.06. The van der Waals surface area contributed by atoms with Gasteiger partial charge in [-0.1, -0.05) is 84.9 Å². The molecule has 2 heterocycles. The summed E-state index contributed by atoms with van der Waals surface area (Å²) in [4.78, 5) is 18.0. The molecular weight excluding hydrogens is 408 g/mol. The molecule has 0 atom stereocenters. The Morgan fingerprint density at radius 2 is 0.697 bits per heavy atom. The van der Waals surface area contributed by atoms with E-state index in [-0.39, 0.29) is 5.48 Å². The van der Waals surface area contributed by atoms with Crippen LogP contribution in [0.4, 0.5) is 0 Å². The average molecular weight is 431 g/mol. The molecule has 6 aromatic rings. The summed E-state index contributed by atoms with van der Waals surface area (Å²) >= 11 is 0. The molecule has 160 valence electrons. The van der Waals surface area contributed by atoms with Crippen molar-refractivity contribution in [3.05, 3.63) is 122 Å². The van der Waals surface area contributed by atoms with Gasteiger partial charge in [-0.25, -0.2) is 9.97 Å². The molecule has 5 nitrogen and oxygen atoms in total. The minimum absolute atomic E-state index is 0. The highest BCUT2D eigenvalue weighted by Gasteiger charge is 2.01. The zero-order chi connectivity index (χ0) is 21.6. The molecule has 0 aliphatic heterocycles. The SMILES string of the molecule is O.c1ccc(-c2cnc3ccccc3n2)cc1.c1ccc(-c2cnc3ccccc3n2)cc1. The fourth-order valence-corrected chi connectivity index (χ4v) is 3.41. The number of benzene rings is 4. The van der Waals surface area contributed by atoms with E-state index in [1.54, 1.807) is 0 Å². The summed E-state index contributed by atoms with van der Waals surface area (Å²) in [6.07, 6.45) is 3.63. The van der Waals surface area contributed by atoms with Gasteiger partial charge in [-0.3, -0.25) is 9.97 Å². The Labute approximate surface area is 191 Å². The number of para-hydroxylation sites is 4. The zero-order valence-corrected chi connectivity index (χ0v) is 17.8. The number of aromatic nitrogens is 4. The first-order valence-corrected chi connectivity index (χ1v) is 10.4. The van der Waals surface area contributed by atoms with Crippen molar-refractivity contribution in [2.75, 3.05) is 0 Å². The molecule has 0 unspecified atom stereocenters. The topological polar surface area (TPSA) is 83.1 Å². The number of hydrogen-bond acceptors (Lipinski definition) is 4. The summed E-state index contributed by atoms with van der Waals surface area (Å²) in [5, 5.41) is 0. The lowest BCUT2D eigenvalue weighted by molar-refractivity contribution is 0.824. The van der Waals surface area contributed by atoms with Gasteiger partial charge in [0.05, 0.1) is 45.8 Å². The Balaban J connectivity index is 0.000000152. The average Bonchev–Trinajstić information content (AvgIpc) is 2.89. The molecular formula is C28H22N4O. The van der Waals surface area contributed by atoms with Gasteiger partial charge < -0.3 is 5.48 Å². The van der Waals surface area contributed by atoms with Crippen molar-refractivity contribution in [1.82, 2.24) is 19.9 Å². The van der Waals surface area contributed by atoms with Crippen LogP contribution in [0.2, 0.25) is 0 Å². The van der Waals surface area contributed by atoms with E-state index in [0.717, 1.165) is 44.6 Å². The van der Waals surface area contributed by atoms with E-state index in [1.807, 2.05) is 122 Å². The third-order valence-electron chi connectivity index (χ3n) is 5.04. The van der Waals surface area contributed by atoms with Crippen molar-refractivity contribution in [3.63, 3.8) is 0 Å². The maximum absolute atomic E-state index is 4.58. The van der Waals surface area contributed by atoms with Crippen molar-refractivity contribution in [2.24, 2.45) is 0 Å². The molecule has 0 spiro atoms. The Kier molecular flexibility index (Phi) is 6.73. The molecule has 2 aromatic heterocycles. The van der Waals surface area contributed by atoms with Crippen LogP contribution < -0.4 is 0 Å². The van der Waals surface area contributed by atoms with Gasteiger partial charge >= 0.3 is 0 Å². The van der Waals surface area contributed by atoms with E-state index >= 15 is 0 Å². The molecule has 0 amide bonds. The van der Waals surface area contributed by atoms with Crippen LogP contribution in [0.25, 0.3) is 44.6 Å². The van der Waals surface area contributed by atoms with Gasteiger partial charge in [0.2, 0.25) is 0 Å². The molecule has 5 heteroatoms. The second kappa shape index (κ2) is 10.2. The van der Waals surface area contributed by atoms with Crippen LogP contribution in [0, 0.1) is 0 Å². The van der Waals surface area contributed by atoms with Crippen LogP contribution in [-0.2, 0) is 0 Å². The van der Waals surface area contributed by atoms with Gasteiger partial charge in [-0.05, 0) is 24.3 Å². The molecule has 0 saturated heterocycles. The summed E-state index contributed by atoms with van der Waals surface area (Å²) in [6, 6.07) is 36.0. The van der Waals surface area contributed by atoms with Crippen LogP contribution in [0.3, 0.4) is 0 Å². The predicted octanol–water partition coefficient (Wildman–Crippen LogP) is 5.77. The summed E-state index contributed by atoms with van der Waals surface area (Å²) in [5.74, 6) is 0. The van der Waals surface area contributed by atoms with Gasteiger partial charge in [-0.2, -0.15) is 0 Å². The highest BCUT2D eigenvalue weighted by Crippen LogP contribution is 2.19. The summed E-state index contributed by atoms with van der Waals surface area (Å²) < 4.78 is 0. The lowest BCUT2D eigenvalue weighted by atomic mass is 10.1. The highest BCUT2D eigenvalue weighted by molar-refractivity contribution is 5.77. The Morgan fingerprint density at radius 3 is 1.09 bits per heavy atom. The van der Waals surface area contributed by atoms with E-state index in [0.29, 0.717) is 0 Å². The minimum Gasteiger partial charge on any atom is -0.412 e. The molecule has 0 saturated carbocycles. The first kappa shape index (κ1) is 21.7. The molecule has 0 aliphatic rings. The number of nitrogens with zero attached hydrogens (tertiary/aromatic N) is 4. The van der Waals surface area contributed by atoms with E-state index < -0.39 is 0 Å². The van der Waals surface area contributed by atoms with Crippen molar-refractivity contribution >= 4 is 22.1 Å². The van der Waals surface area contributed by atoms with Gasteiger partial charge in [0.25, 0.3) is 0 Å². The van der Waals surface area contributed by atoms with Gasteiger partial charge in [0.15, 0.2) is 0 Å². The number of rotatable bonds is 2. The van der Waals surface area contributed by atoms with E-state index in [4.69, 9.17) is 0 Å². The van der Waals surface area contributed by atoms with Crippen LogP contribution in [0.5, 0.6) is 0 Å². The predicted molar refractivity (Wildman–Crippen MR) is 134 cm³/mol. The minimum atomic E-state index is 0. The molecule has 6 rings (SSSR count). The van der Waals surface area contributed by atoms with Gasteiger partial charge in [0, 0.05) is 11.1 Å². The molecule has 2 N–H and O–H groups in total. The largest absolute Gasteiger partial charge is 0.412 e. The summed E-state index contributed by atoms with van der Waals surface area (Å²) in [5.41, 5.74) is 7.76. The fourth-order valence-electron chi connectivity index (χ4n) is 3.41. The Bertz CT molecular complexity index is 1360. The van der Waals surface area contributed by atoms with Crippen LogP contribution in [-0.4, -0.2) is 25.4 Å². The molecule has 0 radical (unpaired) electrons. The fraction of sp³-hybridized carbons (Fsp3) is 0. The van der Waals surface area contributed by atoms with E-state index in [2.05, 4.69) is 19.9 Å². The quantitative estimate of drug-likeness (QED) is 0.349. The van der Waals surface area contributed by atoms with Crippen molar-refractivity contribution in [3.8, 4) is 22.5 Å². The normalized spacial score (nSPS) is 10.2. The molecule has 0 fully saturated rings. The van der Waals surface area contributed by atoms with Crippen LogP contribution >= 0.6 is 0 Å². The molecule has 33 heavy (non-hydrogen) atoms. The van der Waals surface area contributed by atoms with Crippen LogP contribution in [0.1, 0.15) is 0 Å². The van der Waals surface area contributed by atoms with Gasteiger partial charge in [-0.15, -0.1) is 0 Å². The third-order valence-corrected chi connectivity index (χ3v) is 5.04. The molecule has 0 aliphatic carbocycles. The first-order valence-electron chi connectivity index (χ1n) is 10.4. The first-order chi connectivity index (χ1) is 15.9. The zero-order valence-electron chi connectivity index (χ0n) is 17.8.